The summed E-state index contributed by atoms with van der Waals surface area (Å²) in [6, 6.07) is 0. The van der Waals surface area contributed by atoms with Crippen molar-refractivity contribution >= 4 is 0 Å². The average molecular weight is 743 g/mol. The standard InChI is InChI=1S/C51H102N2/c1-4-7-10-13-16-19-22-24-26-28-30-33-36-39-42-45-48-53-50-49-52(47-44-41-38-35-32-21-18-15-12-9-6-3)51(53)46-43-40-37-34-31-29-27-25-23-20-17-14-11-8-5-2/h49-51H,4-48H2,1-3H3. The van der Waals surface area contributed by atoms with Gasteiger partial charge in [0, 0.05) is 25.5 Å². The van der Waals surface area contributed by atoms with Crippen molar-refractivity contribution in [2.75, 3.05) is 13.1 Å². The van der Waals surface area contributed by atoms with Crippen LogP contribution in [-0.4, -0.2) is 29.1 Å². The van der Waals surface area contributed by atoms with Gasteiger partial charge in [-0.25, -0.2) is 0 Å². The lowest BCUT2D eigenvalue weighted by Crippen LogP contribution is -2.39. The van der Waals surface area contributed by atoms with Crippen LogP contribution in [0.1, 0.15) is 297 Å². The maximum absolute atomic E-state index is 2.74. The Balaban J connectivity index is 2.19. The fourth-order valence-corrected chi connectivity index (χ4v) is 8.84. The second-order valence-electron chi connectivity index (χ2n) is 17.8. The molecule has 0 saturated heterocycles. The zero-order valence-electron chi connectivity index (χ0n) is 37.4. The van der Waals surface area contributed by atoms with Crippen molar-refractivity contribution in [3.8, 4) is 0 Å². The Morgan fingerprint density at radius 1 is 0.245 bits per heavy atom. The molecule has 53 heavy (non-hydrogen) atoms. The number of hydrogen-bond donors (Lipinski definition) is 0. The van der Waals surface area contributed by atoms with Crippen molar-refractivity contribution in [2.24, 2.45) is 0 Å². The molecule has 0 fully saturated rings. The van der Waals surface area contributed by atoms with Gasteiger partial charge in [-0.3, -0.25) is 0 Å². The third-order valence-electron chi connectivity index (χ3n) is 12.6. The van der Waals surface area contributed by atoms with Crippen LogP contribution < -0.4 is 0 Å². The van der Waals surface area contributed by atoms with Gasteiger partial charge in [0.2, 0.25) is 0 Å². The van der Waals surface area contributed by atoms with Crippen molar-refractivity contribution in [3.63, 3.8) is 0 Å². The molecule has 0 N–H and O–H groups in total. The Bertz CT molecular complexity index is 702. The van der Waals surface area contributed by atoms with E-state index in [-0.39, 0.29) is 0 Å². The second kappa shape index (κ2) is 42.5. The molecule has 0 spiro atoms. The minimum absolute atomic E-state index is 0.636. The topological polar surface area (TPSA) is 6.48 Å². The highest BCUT2D eigenvalue weighted by Gasteiger charge is 2.25. The SMILES string of the molecule is CCCCCCCCCCCCCCCCCCN1C=CN(CCCCCCCCCCCCC)C1CCCCCCCCCCCCCCCCC. The van der Waals surface area contributed by atoms with Gasteiger partial charge in [0.1, 0.15) is 6.17 Å². The fraction of sp³-hybridized carbons (Fsp3) is 0.961. The van der Waals surface area contributed by atoms with Gasteiger partial charge in [-0.05, 0) is 25.7 Å². The molecule has 0 aromatic heterocycles. The zero-order chi connectivity index (χ0) is 38.0. The zero-order valence-corrected chi connectivity index (χ0v) is 37.4. The Labute approximate surface area is 337 Å². The van der Waals surface area contributed by atoms with E-state index < -0.39 is 0 Å². The molecule has 0 aromatic carbocycles. The molecule has 1 atom stereocenters. The molecule has 1 aliphatic heterocycles. The van der Waals surface area contributed by atoms with Crippen LogP contribution in [0.15, 0.2) is 12.4 Å². The normalized spacial score (nSPS) is 14.4. The summed E-state index contributed by atoms with van der Waals surface area (Å²) in [6.07, 6.45) is 67.9. The molecular formula is C51H102N2. The van der Waals surface area contributed by atoms with Gasteiger partial charge in [-0.2, -0.15) is 0 Å². The van der Waals surface area contributed by atoms with Crippen LogP contribution in [0.2, 0.25) is 0 Å². The first kappa shape index (κ1) is 50.4. The summed E-state index contributed by atoms with van der Waals surface area (Å²) < 4.78 is 0. The summed E-state index contributed by atoms with van der Waals surface area (Å²) >= 11 is 0. The van der Waals surface area contributed by atoms with Crippen LogP contribution in [0.25, 0.3) is 0 Å². The first-order chi connectivity index (χ1) is 26.3. The van der Waals surface area contributed by atoms with E-state index in [1.165, 1.54) is 289 Å². The highest BCUT2D eigenvalue weighted by Crippen LogP contribution is 2.24. The summed E-state index contributed by atoms with van der Waals surface area (Å²) in [7, 11) is 0. The Morgan fingerprint density at radius 2 is 0.434 bits per heavy atom. The maximum Gasteiger partial charge on any atom is 0.101 e. The molecule has 1 aliphatic rings. The van der Waals surface area contributed by atoms with Crippen molar-refractivity contribution in [1.82, 2.24) is 9.80 Å². The lowest BCUT2D eigenvalue weighted by molar-refractivity contribution is 0.135. The second-order valence-corrected chi connectivity index (χ2v) is 17.8. The quantitative estimate of drug-likeness (QED) is 0.0573. The average Bonchev–Trinajstić information content (AvgIpc) is 3.55. The van der Waals surface area contributed by atoms with Gasteiger partial charge >= 0.3 is 0 Å². The molecule has 0 radical (unpaired) electrons. The highest BCUT2D eigenvalue weighted by atomic mass is 15.4. The number of rotatable bonds is 45. The van der Waals surface area contributed by atoms with E-state index >= 15 is 0 Å². The van der Waals surface area contributed by atoms with Gasteiger partial charge in [0.05, 0.1) is 0 Å². The Kier molecular flexibility index (Phi) is 40.4. The largest absolute Gasteiger partial charge is 0.356 e. The number of unbranched alkanes of at least 4 members (excludes halogenated alkanes) is 39. The molecule has 0 bridgehead atoms. The molecule has 1 unspecified atom stereocenters. The fourth-order valence-electron chi connectivity index (χ4n) is 8.84. The number of hydrogen-bond acceptors (Lipinski definition) is 2. The monoisotopic (exact) mass is 743 g/mol. The third kappa shape index (κ3) is 34.3. The molecule has 0 aromatic rings. The van der Waals surface area contributed by atoms with Crippen LogP contribution in [-0.2, 0) is 0 Å². The van der Waals surface area contributed by atoms with Crippen LogP contribution in [0.4, 0.5) is 0 Å². The minimum atomic E-state index is 0.636. The van der Waals surface area contributed by atoms with E-state index in [0.717, 1.165) is 0 Å². The molecular weight excluding hydrogens is 641 g/mol. The van der Waals surface area contributed by atoms with Crippen LogP contribution in [0.3, 0.4) is 0 Å². The third-order valence-corrected chi connectivity index (χ3v) is 12.6. The molecule has 0 saturated carbocycles. The minimum Gasteiger partial charge on any atom is -0.356 e. The van der Waals surface area contributed by atoms with Crippen molar-refractivity contribution in [3.05, 3.63) is 12.4 Å². The maximum atomic E-state index is 2.74. The lowest BCUT2D eigenvalue weighted by Gasteiger charge is -2.33. The van der Waals surface area contributed by atoms with Crippen LogP contribution in [0.5, 0.6) is 0 Å². The smallest absolute Gasteiger partial charge is 0.101 e. The van der Waals surface area contributed by atoms with Crippen molar-refractivity contribution in [2.45, 2.75) is 303 Å². The van der Waals surface area contributed by atoms with E-state index in [0.29, 0.717) is 6.17 Å². The summed E-state index contributed by atoms with van der Waals surface area (Å²) in [5.74, 6) is 0. The molecule has 2 nitrogen and oxygen atoms in total. The molecule has 1 rings (SSSR count). The van der Waals surface area contributed by atoms with E-state index in [1.54, 1.807) is 0 Å². The van der Waals surface area contributed by atoms with E-state index in [1.807, 2.05) is 0 Å². The van der Waals surface area contributed by atoms with Crippen LogP contribution in [0, 0.1) is 0 Å². The summed E-state index contributed by atoms with van der Waals surface area (Å²) in [5, 5.41) is 0. The molecule has 1 heterocycles. The highest BCUT2D eigenvalue weighted by molar-refractivity contribution is 4.97. The molecule has 2 heteroatoms. The van der Waals surface area contributed by atoms with E-state index in [9.17, 15) is 0 Å². The van der Waals surface area contributed by atoms with Crippen molar-refractivity contribution < 1.29 is 0 Å². The Morgan fingerprint density at radius 3 is 0.660 bits per heavy atom. The van der Waals surface area contributed by atoms with Gasteiger partial charge < -0.3 is 9.80 Å². The molecule has 316 valence electrons. The van der Waals surface area contributed by atoms with E-state index in [4.69, 9.17) is 0 Å². The molecule has 0 amide bonds. The Hall–Kier alpha value is -0.660. The lowest BCUT2D eigenvalue weighted by atomic mass is 10.0. The van der Waals surface area contributed by atoms with E-state index in [2.05, 4.69) is 43.0 Å². The molecule has 0 aliphatic carbocycles. The van der Waals surface area contributed by atoms with Gasteiger partial charge in [0.25, 0.3) is 0 Å². The predicted molar refractivity (Wildman–Crippen MR) is 242 cm³/mol. The predicted octanol–water partition coefficient (Wildman–Crippen LogP) is 18.2. The number of nitrogens with zero attached hydrogens (tertiary/aromatic N) is 2. The summed E-state index contributed by atoms with van der Waals surface area (Å²) in [6.45, 7) is 9.50. The summed E-state index contributed by atoms with van der Waals surface area (Å²) in [5.41, 5.74) is 0. The first-order valence-corrected chi connectivity index (χ1v) is 25.5. The van der Waals surface area contributed by atoms with Gasteiger partial charge in [-0.1, -0.05) is 271 Å². The summed E-state index contributed by atoms with van der Waals surface area (Å²) in [4.78, 5) is 5.48. The van der Waals surface area contributed by atoms with Gasteiger partial charge in [0.15, 0.2) is 0 Å². The van der Waals surface area contributed by atoms with Gasteiger partial charge in [-0.15, -0.1) is 0 Å². The first-order valence-electron chi connectivity index (χ1n) is 25.5. The van der Waals surface area contributed by atoms with Crippen molar-refractivity contribution in [1.29, 1.82) is 0 Å². The van der Waals surface area contributed by atoms with Crippen LogP contribution >= 0.6 is 0 Å².